The number of halogens is 5. The third-order valence-corrected chi connectivity index (χ3v) is 1.89. The van der Waals surface area contributed by atoms with Crippen LogP contribution in [0.25, 0.3) is 0 Å². The van der Waals surface area contributed by atoms with E-state index in [0.29, 0.717) is 0 Å². The zero-order valence-electron chi connectivity index (χ0n) is 9.09. The first kappa shape index (κ1) is 16.8. The molecule has 8 heteroatoms. The van der Waals surface area contributed by atoms with E-state index in [9.17, 15) is 17.3 Å². The van der Waals surface area contributed by atoms with Gasteiger partial charge in [0.15, 0.2) is 0 Å². The van der Waals surface area contributed by atoms with Crippen molar-refractivity contribution in [3.63, 3.8) is 0 Å². The maximum atomic E-state index is 9.75. The largest absolute Gasteiger partial charge is 0.673 e. The van der Waals surface area contributed by atoms with Crippen LogP contribution >= 0.6 is 0 Å². The highest BCUT2D eigenvalue weighted by Gasteiger charge is 2.20. The third-order valence-electron chi connectivity index (χ3n) is 1.20. The van der Waals surface area contributed by atoms with Crippen molar-refractivity contribution in [3.8, 4) is 0 Å². The fourth-order valence-corrected chi connectivity index (χ4v) is 1.06. The first-order valence-corrected chi connectivity index (χ1v) is 5.86. The summed E-state index contributed by atoms with van der Waals surface area (Å²) in [6.45, 7) is 0. The molecule has 0 N–H and O–H groups in total. The van der Waals surface area contributed by atoms with E-state index in [4.69, 9.17) is 0 Å². The molecular formula is C10H10BF4IN2. The van der Waals surface area contributed by atoms with Crippen LogP contribution in [-0.2, 0) is 0 Å². The highest BCUT2D eigenvalue weighted by Crippen LogP contribution is 2.06. The Hall–Kier alpha value is -1.19. The molecule has 0 unspecified atom stereocenters. The molecule has 0 bridgehead atoms. The quantitative estimate of drug-likeness (QED) is 0.280. The van der Waals surface area contributed by atoms with E-state index >= 15 is 0 Å². The van der Waals surface area contributed by atoms with E-state index in [0.717, 1.165) is 3.70 Å². The van der Waals surface area contributed by atoms with Gasteiger partial charge in [0.25, 0.3) is 3.70 Å². The zero-order valence-corrected chi connectivity index (χ0v) is 11.4. The van der Waals surface area contributed by atoms with Gasteiger partial charge in [0.2, 0.25) is 0 Å². The van der Waals surface area contributed by atoms with E-state index in [1.165, 1.54) is 0 Å². The molecule has 0 atom stereocenters. The molecule has 2 nitrogen and oxygen atoms in total. The van der Waals surface area contributed by atoms with Crippen molar-refractivity contribution >= 4 is 7.25 Å². The van der Waals surface area contributed by atoms with Crippen LogP contribution in [0.3, 0.4) is 0 Å². The van der Waals surface area contributed by atoms with Crippen LogP contribution < -0.4 is 22.6 Å². The molecule has 0 fully saturated rings. The van der Waals surface area contributed by atoms with Crippen LogP contribution in [0.15, 0.2) is 55.0 Å². The van der Waals surface area contributed by atoms with Crippen molar-refractivity contribution in [1.29, 1.82) is 0 Å². The van der Waals surface area contributed by atoms with Crippen LogP contribution in [-0.4, -0.2) is 17.2 Å². The molecule has 2 heterocycles. The van der Waals surface area contributed by atoms with Gasteiger partial charge in [0.1, 0.15) is 0 Å². The fraction of sp³-hybridized carbons (Fsp3) is 0. The molecule has 0 amide bonds. The van der Waals surface area contributed by atoms with Gasteiger partial charge in [0.05, 0.1) is 0 Å². The molecule has 18 heavy (non-hydrogen) atoms. The molecule has 0 aliphatic carbocycles. The molecule has 0 aliphatic heterocycles. The van der Waals surface area contributed by atoms with Gasteiger partial charge in [-0.3, -0.25) is 4.98 Å². The summed E-state index contributed by atoms with van der Waals surface area (Å²) >= 11 is 1.91. The zero-order chi connectivity index (χ0) is 13.9. The maximum absolute atomic E-state index is 9.75. The van der Waals surface area contributed by atoms with Gasteiger partial charge in [-0.05, 0) is 18.2 Å². The number of nitrogens with zero attached hydrogens (tertiary/aromatic N) is 2. The van der Waals surface area contributed by atoms with Crippen LogP contribution in [0, 0.1) is 3.70 Å². The molecule has 2 aromatic heterocycles. The molecule has 0 spiro atoms. The van der Waals surface area contributed by atoms with Crippen molar-refractivity contribution in [2.75, 3.05) is 0 Å². The first-order chi connectivity index (χ1) is 8.39. The van der Waals surface area contributed by atoms with Gasteiger partial charge in [-0.2, -0.15) is 0 Å². The highest BCUT2D eigenvalue weighted by atomic mass is 127. The summed E-state index contributed by atoms with van der Waals surface area (Å²) in [6, 6.07) is 11.6. The number of aromatic nitrogens is 2. The number of hydrogen-bond donors (Lipinski definition) is 0. The van der Waals surface area contributed by atoms with Crippen molar-refractivity contribution in [2.24, 2.45) is 0 Å². The predicted molar refractivity (Wildman–Crippen MR) is 58.8 cm³/mol. The van der Waals surface area contributed by atoms with Crippen LogP contribution in [0.5, 0.6) is 0 Å². The van der Waals surface area contributed by atoms with Crippen LogP contribution in [0.2, 0.25) is 0 Å². The summed E-state index contributed by atoms with van der Waals surface area (Å²) in [5.41, 5.74) is 0. The Balaban J connectivity index is 0.000000245. The minimum Gasteiger partial charge on any atom is -0.418 e. The summed E-state index contributed by atoms with van der Waals surface area (Å²) in [5.74, 6) is 0. The molecule has 2 rings (SSSR count). The smallest absolute Gasteiger partial charge is 0.418 e. The van der Waals surface area contributed by atoms with Gasteiger partial charge in [-0.1, -0.05) is 12.1 Å². The lowest BCUT2D eigenvalue weighted by molar-refractivity contribution is -0.337. The van der Waals surface area contributed by atoms with Crippen LogP contribution in [0.4, 0.5) is 17.3 Å². The second-order valence-corrected chi connectivity index (χ2v) is 3.88. The average Bonchev–Trinajstić information content (AvgIpc) is 2.31. The molecule has 0 saturated heterocycles. The van der Waals surface area contributed by atoms with E-state index in [2.05, 4.69) is 9.97 Å². The van der Waals surface area contributed by atoms with E-state index in [1.54, 1.807) is 18.6 Å². The first-order valence-electron chi connectivity index (χ1n) is 4.70. The molecule has 98 valence electrons. The summed E-state index contributed by atoms with van der Waals surface area (Å²) in [5, 5.41) is 0. The van der Waals surface area contributed by atoms with Gasteiger partial charge in [-0.15, -0.1) is 0 Å². The number of hydrogen-bond acceptors (Lipinski definition) is 2. The summed E-state index contributed by atoms with van der Waals surface area (Å²) in [7, 11) is -6.00. The second kappa shape index (κ2) is 9.81. The van der Waals surface area contributed by atoms with E-state index in [1.807, 2.05) is 59.0 Å². The minimum atomic E-state index is -6.00. The van der Waals surface area contributed by atoms with Gasteiger partial charge in [-0.25, -0.2) is 4.98 Å². The van der Waals surface area contributed by atoms with Crippen molar-refractivity contribution in [3.05, 3.63) is 58.7 Å². The topological polar surface area (TPSA) is 25.8 Å². The van der Waals surface area contributed by atoms with Gasteiger partial charge < -0.3 is 17.3 Å². The third kappa shape index (κ3) is 17.2. The Bertz CT molecular complexity index is 367. The summed E-state index contributed by atoms with van der Waals surface area (Å²) in [4.78, 5) is 7.77. The average molecular weight is 372 g/mol. The van der Waals surface area contributed by atoms with Crippen LogP contribution in [0.1, 0.15) is 0 Å². The second-order valence-electron chi connectivity index (χ2n) is 2.69. The number of pyridine rings is 2. The highest BCUT2D eigenvalue weighted by molar-refractivity contribution is 6.50. The Morgan fingerprint density at radius 1 is 0.833 bits per heavy atom. The Kier molecular flexibility index (Phi) is 9.16. The van der Waals surface area contributed by atoms with E-state index in [-0.39, 0.29) is 0 Å². The van der Waals surface area contributed by atoms with E-state index < -0.39 is 7.25 Å². The van der Waals surface area contributed by atoms with Gasteiger partial charge >= 0.3 is 29.8 Å². The molecule has 0 saturated carbocycles. The normalized spacial score (nSPS) is 9.39. The standard InChI is InChI=1S/C5H5IN.C5H5N.BF4/c6-5-3-1-2-4-7-5;1-2-4-6-5-3-1;2-1(3,4)5/h1-4,6H;1-5H;/q+1;;-1. The monoisotopic (exact) mass is 372 g/mol. The van der Waals surface area contributed by atoms with Gasteiger partial charge in [0, 0.05) is 24.7 Å². The fourth-order valence-electron chi connectivity index (χ4n) is 0.660. The van der Waals surface area contributed by atoms with Crippen molar-refractivity contribution in [1.82, 2.24) is 9.97 Å². The molecule has 0 aromatic carbocycles. The Labute approximate surface area is 116 Å². The maximum Gasteiger partial charge on any atom is 0.673 e. The lowest BCUT2D eigenvalue weighted by atomic mass is 10.3. The SMILES string of the molecule is F[B-](F)(F)F.[IH+]c1ccccn1.c1ccncc1. The lowest BCUT2D eigenvalue weighted by Gasteiger charge is -1.94. The Morgan fingerprint density at radius 2 is 1.33 bits per heavy atom. The molecule has 0 aliphatic rings. The molecular weight excluding hydrogens is 362 g/mol. The Morgan fingerprint density at radius 3 is 1.50 bits per heavy atom. The van der Waals surface area contributed by atoms with Crippen molar-refractivity contribution in [2.45, 2.75) is 0 Å². The summed E-state index contributed by atoms with van der Waals surface area (Å²) in [6.07, 6.45) is 5.29. The van der Waals surface area contributed by atoms with Crippen molar-refractivity contribution < 1.29 is 39.9 Å². The predicted octanol–water partition coefficient (Wildman–Crippen LogP) is -0.0816. The minimum absolute atomic E-state index is 1.08. The molecule has 2 aromatic rings. The lowest BCUT2D eigenvalue weighted by Crippen LogP contribution is -3.34. The number of rotatable bonds is 0. The molecule has 0 radical (unpaired) electrons. The summed E-state index contributed by atoms with van der Waals surface area (Å²) < 4.78 is 40.1.